The van der Waals surface area contributed by atoms with Crippen LogP contribution in [0.1, 0.15) is 28.9 Å². The number of aromatic nitrogens is 5. The quantitative estimate of drug-likeness (QED) is 0.344. The fourth-order valence-corrected chi connectivity index (χ4v) is 4.17. The number of nitrogens with two attached hydrogens (primary N) is 1. The molecule has 0 atom stereocenters. The monoisotopic (exact) mass is 430 g/mol. The fraction of sp³-hybridized carbons (Fsp3) is 0.217. The summed E-state index contributed by atoms with van der Waals surface area (Å²) in [6.07, 6.45) is 6.27. The molecule has 0 fully saturated rings. The van der Waals surface area contributed by atoms with Gasteiger partial charge in [0.1, 0.15) is 17.4 Å². The van der Waals surface area contributed by atoms with Gasteiger partial charge in [-0.3, -0.25) is 5.10 Å². The molecule has 1 aliphatic rings. The van der Waals surface area contributed by atoms with Gasteiger partial charge in [-0.1, -0.05) is 30.0 Å². The van der Waals surface area contributed by atoms with Crippen LogP contribution >= 0.6 is 11.8 Å². The fourth-order valence-electron chi connectivity index (χ4n) is 3.79. The Morgan fingerprint density at radius 1 is 1.00 bits per heavy atom. The average molecular weight is 431 g/mol. The third kappa shape index (κ3) is 4.39. The lowest BCUT2D eigenvalue weighted by Gasteiger charge is -2.07. The minimum atomic E-state index is 0.377. The molecule has 7 nitrogen and oxygen atoms in total. The van der Waals surface area contributed by atoms with E-state index >= 15 is 0 Å². The minimum absolute atomic E-state index is 0.377. The number of thioether (sulfide) groups is 1. The van der Waals surface area contributed by atoms with Crippen LogP contribution in [0.25, 0.3) is 11.4 Å². The summed E-state index contributed by atoms with van der Waals surface area (Å²) in [7, 11) is 0. The molecule has 2 aromatic carbocycles. The van der Waals surface area contributed by atoms with Crippen molar-refractivity contribution in [3.8, 4) is 23.0 Å². The third-order valence-electron chi connectivity index (χ3n) is 5.29. The summed E-state index contributed by atoms with van der Waals surface area (Å²) in [6, 6.07) is 15.9. The van der Waals surface area contributed by atoms with E-state index in [1.165, 1.54) is 47.7 Å². The number of nitrogens with one attached hydrogen (secondary N) is 1. The average Bonchev–Trinajstić information content (AvgIpc) is 3.43. The summed E-state index contributed by atoms with van der Waals surface area (Å²) in [5.41, 5.74) is 10.9. The highest BCUT2D eigenvalue weighted by Crippen LogP contribution is 2.26. The van der Waals surface area contributed by atoms with Gasteiger partial charge < -0.3 is 10.5 Å². The van der Waals surface area contributed by atoms with Crippen LogP contribution in [-0.4, -0.2) is 31.4 Å². The van der Waals surface area contributed by atoms with Crippen LogP contribution < -0.4 is 10.5 Å². The molecule has 5 rings (SSSR count). The predicted molar refractivity (Wildman–Crippen MR) is 121 cm³/mol. The summed E-state index contributed by atoms with van der Waals surface area (Å²) >= 11 is 1.41. The lowest BCUT2D eigenvalue weighted by Crippen LogP contribution is -1.97. The predicted octanol–water partition coefficient (Wildman–Crippen LogP) is 4.44. The van der Waals surface area contributed by atoms with E-state index < -0.39 is 0 Å². The minimum Gasteiger partial charge on any atom is -0.439 e. The number of hydrogen-bond donors (Lipinski definition) is 2. The Balaban J connectivity index is 1.28. The second-order valence-electron chi connectivity index (χ2n) is 7.48. The first-order chi connectivity index (χ1) is 15.2. The third-order valence-corrected chi connectivity index (χ3v) is 5.83. The molecule has 0 bridgehead atoms. The van der Waals surface area contributed by atoms with Crippen molar-refractivity contribution in [2.75, 3.05) is 12.0 Å². The molecule has 0 saturated carbocycles. The number of aryl methyl sites for hydroxylation is 2. The number of benzene rings is 2. The van der Waals surface area contributed by atoms with E-state index in [1.807, 2.05) is 30.5 Å². The molecule has 0 aliphatic heterocycles. The molecule has 8 heteroatoms. The van der Waals surface area contributed by atoms with Gasteiger partial charge in [0.15, 0.2) is 11.0 Å². The zero-order valence-corrected chi connectivity index (χ0v) is 17.9. The Bertz CT molecular complexity index is 1220. The van der Waals surface area contributed by atoms with Gasteiger partial charge in [-0.2, -0.15) is 10.1 Å². The highest BCUT2D eigenvalue weighted by Gasteiger charge is 2.13. The molecule has 156 valence electrons. The van der Waals surface area contributed by atoms with Crippen LogP contribution in [0.4, 0.5) is 5.82 Å². The van der Waals surface area contributed by atoms with E-state index in [2.05, 4.69) is 43.3 Å². The topological polar surface area (TPSA) is 103 Å². The first-order valence-electron chi connectivity index (χ1n) is 10.1. The summed E-state index contributed by atoms with van der Waals surface area (Å²) < 4.78 is 5.82. The van der Waals surface area contributed by atoms with E-state index in [1.54, 1.807) is 6.07 Å². The van der Waals surface area contributed by atoms with E-state index in [4.69, 9.17) is 10.5 Å². The number of nitrogens with zero attached hydrogens (tertiary/aromatic N) is 4. The molecular weight excluding hydrogens is 408 g/mol. The highest BCUT2D eigenvalue weighted by atomic mass is 32.2. The second kappa shape index (κ2) is 8.39. The standard InChI is InChI=1S/C23H22N6OS/c1-31-23-25-19(24)13-21(27-23)30-18-9-7-16(8-10-18)22-26-20(28-29-22)12-14-5-6-15-3-2-4-17(15)11-14/h5-11,13H,2-4,12H2,1H3,(H2,24,25,27)(H,26,28,29). The maximum atomic E-state index is 5.82. The zero-order valence-electron chi connectivity index (χ0n) is 17.1. The molecule has 0 saturated heterocycles. The SMILES string of the molecule is CSc1nc(N)cc(Oc2ccc(-c3n[nH]c(Cc4ccc5c(c4)CCC5)n3)cc2)n1. The van der Waals surface area contributed by atoms with Crippen molar-refractivity contribution in [2.45, 2.75) is 30.8 Å². The van der Waals surface area contributed by atoms with Crippen LogP contribution in [0.5, 0.6) is 11.6 Å². The first kappa shape index (κ1) is 19.6. The van der Waals surface area contributed by atoms with E-state index in [-0.39, 0.29) is 0 Å². The Morgan fingerprint density at radius 3 is 2.68 bits per heavy atom. The number of rotatable bonds is 6. The number of H-pyrrole nitrogens is 1. The number of aromatic amines is 1. The number of hydrogen-bond acceptors (Lipinski definition) is 7. The molecular formula is C23H22N6OS. The lowest BCUT2D eigenvalue weighted by molar-refractivity contribution is 0.456. The molecule has 3 N–H and O–H groups in total. The van der Waals surface area contributed by atoms with Crippen LogP contribution in [0, 0.1) is 0 Å². The van der Waals surface area contributed by atoms with Crippen molar-refractivity contribution >= 4 is 17.6 Å². The van der Waals surface area contributed by atoms with Crippen molar-refractivity contribution in [2.24, 2.45) is 0 Å². The van der Waals surface area contributed by atoms with Gasteiger partial charge in [0.25, 0.3) is 0 Å². The second-order valence-corrected chi connectivity index (χ2v) is 8.26. The number of nitrogen functional groups attached to an aromatic ring is 1. The first-order valence-corrected chi connectivity index (χ1v) is 11.4. The number of anilines is 1. The molecule has 0 unspecified atom stereocenters. The van der Waals surface area contributed by atoms with Gasteiger partial charge >= 0.3 is 0 Å². The Kier molecular flexibility index (Phi) is 5.30. The van der Waals surface area contributed by atoms with Crippen molar-refractivity contribution in [3.63, 3.8) is 0 Å². The normalized spacial score (nSPS) is 12.7. The van der Waals surface area contributed by atoms with Crippen molar-refractivity contribution in [3.05, 3.63) is 71.0 Å². The smallest absolute Gasteiger partial charge is 0.225 e. The molecule has 4 aromatic rings. The van der Waals surface area contributed by atoms with Crippen LogP contribution in [-0.2, 0) is 19.3 Å². The molecule has 1 aliphatic carbocycles. The molecule has 31 heavy (non-hydrogen) atoms. The highest BCUT2D eigenvalue weighted by molar-refractivity contribution is 7.98. The largest absolute Gasteiger partial charge is 0.439 e. The summed E-state index contributed by atoms with van der Waals surface area (Å²) in [5, 5.41) is 8.03. The zero-order chi connectivity index (χ0) is 21.2. The molecule has 0 radical (unpaired) electrons. The molecule has 0 spiro atoms. The van der Waals surface area contributed by atoms with Gasteiger partial charge in [-0.15, -0.1) is 0 Å². The summed E-state index contributed by atoms with van der Waals surface area (Å²) in [5.74, 6) is 2.97. The summed E-state index contributed by atoms with van der Waals surface area (Å²) in [4.78, 5) is 13.1. The maximum Gasteiger partial charge on any atom is 0.225 e. The van der Waals surface area contributed by atoms with E-state index in [0.717, 1.165) is 17.8 Å². The van der Waals surface area contributed by atoms with Crippen LogP contribution in [0.15, 0.2) is 53.7 Å². The van der Waals surface area contributed by atoms with Gasteiger partial charge in [0.05, 0.1) is 0 Å². The molecule has 2 heterocycles. The van der Waals surface area contributed by atoms with Gasteiger partial charge in [0.2, 0.25) is 5.88 Å². The van der Waals surface area contributed by atoms with Crippen molar-refractivity contribution in [1.29, 1.82) is 0 Å². The van der Waals surface area contributed by atoms with Crippen molar-refractivity contribution in [1.82, 2.24) is 25.1 Å². The van der Waals surface area contributed by atoms with Crippen LogP contribution in [0.3, 0.4) is 0 Å². The van der Waals surface area contributed by atoms with Gasteiger partial charge in [-0.25, -0.2) is 9.97 Å². The molecule has 0 amide bonds. The van der Waals surface area contributed by atoms with Gasteiger partial charge in [0, 0.05) is 18.1 Å². The Labute approximate surface area is 184 Å². The maximum absolute atomic E-state index is 5.82. The van der Waals surface area contributed by atoms with Crippen molar-refractivity contribution < 1.29 is 4.74 Å². The number of ether oxygens (including phenoxy) is 1. The Hall–Kier alpha value is -3.39. The van der Waals surface area contributed by atoms with Crippen LogP contribution in [0.2, 0.25) is 0 Å². The lowest BCUT2D eigenvalue weighted by atomic mass is 10.0. The Morgan fingerprint density at radius 2 is 1.84 bits per heavy atom. The molecule has 2 aromatic heterocycles. The van der Waals surface area contributed by atoms with E-state index in [9.17, 15) is 0 Å². The van der Waals surface area contributed by atoms with Gasteiger partial charge in [-0.05, 0) is 66.5 Å². The number of fused-ring (bicyclic) bond motifs is 1. The van der Waals surface area contributed by atoms with E-state index in [0.29, 0.717) is 28.4 Å². The summed E-state index contributed by atoms with van der Waals surface area (Å²) in [6.45, 7) is 0.